The number of rotatable bonds is 2. The number of oxazole rings is 1. The molecule has 1 aliphatic heterocycles. The summed E-state index contributed by atoms with van der Waals surface area (Å²) in [6, 6.07) is 0. The Bertz CT molecular complexity index is 599. The van der Waals surface area contributed by atoms with Gasteiger partial charge in [0.05, 0.1) is 12.7 Å². The molecule has 2 heterocycles. The van der Waals surface area contributed by atoms with Crippen LogP contribution in [-0.4, -0.2) is 46.5 Å². The second kappa shape index (κ2) is 9.17. The van der Waals surface area contributed by atoms with Gasteiger partial charge in [0.15, 0.2) is 5.96 Å². The molecular weight excluding hydrogens is 459 g/mol. The Morgan fingerprint density at radius 3 is 2.69 bits per heavy atom. The van der Waals surface area contributed by atoms with Crippen molar-refractivity contribution in [3.05, 3.63) is 17.8 Å². The van der Waals surface area contributed by atoms with Crippen LogP contribution >= 0.6 is 35.7 Å². The third kappa shape index (κ3) is 5.30. The van der Waals surface area contributed by atoms with Gasteiger partial charge in [-0.05, 0) is 12.8 Å². The number of aliphatic imine (C=N–C) groups is 1. The molecule has 5 nitrogen and oxygen atoms in total. The van der Waals surface area contributed by atoms with Gasteiger partial charge in [0.1, 0.15) is 5.76 Å². The zero-order valence-corrected chi connectivity index (χ0v) is 19.7. The fraction of sp³-hybridized carbons (Fsp3) is 0.789. The molecule has 0 radical (unpaired) electrons. The molecule has 0 unspecified atom stereocenters. The SMILES string of the molecule is CN=C(NCc1ncc(C(C)(C)C)o1)N1CCSC2(CCCCC2)C1.I. The maximum absolute atomic E-state index is 5.89. The van der Waals surface area contributed by atoms with E-state index >= 15 is 0 Å². The van der Waals surface area contributed by atoms with E-state index in [2.05, 4.69) is 52.7 Å². The zero-order valence-electron chi connectivity index (χ0n) is 16.5. The molecule has 1 saturated carbocycles. The Kier molecular flexibility index (Phi) is 7.71. The molecule has 3 rings (SSSR count). The lowest BCUT2D eigenvalue weighted by atomic mass is 9.87. The lowest BCUT2D eigenvalue weighted by molar-refractivity contribution is 0.292. The highest BCUT2D eigenvalue weighted by atomic mass is 127. The van der Waals surface area contributed by atoms with Crippen LogP contribution in [0.15, 0.2) is 15.6 Å². The van der Waals surface area contributed by atoms with Gasteiger partial charge in [-0.1, -0.05) is 40.0 Å². The van der Waals surface area contributed by atoms with E-state index in [0.29, 0.717) is 11.3 Å². The summed E-state index contributed by atoms with van der Waals surface area (Å²) in [5.41, 5.74) is -0.00954. The number of aromatic nitrogens is 1. The van der Waals surface area contributed by atoms with E-state index in [9.17, 15) is 0 Å². The molecule has 26 heavy (non-hydrogen) atoms. The molecule has 1 aliphatic carbocycles. The Morgan fingerprint density at radius 1 is 1.35 bits per heavy atom. The Hall–Kier alpha value is -0.440. The molecule has 2 fully saturated rings. The number of hydrogen-bond acceptors (Lipinski definition) is 4. The third-order valence-electron chi connectivity index (χ3n) is 5.22. The Balaban J connectivity index is 0.00000243. The number of nitrogens with zero attached hydrogens (tertiary/aromatic N) is 3. The van der Waals surface area contributed by atoms with Gasteiger partial charge < -0.3 is 14.6 Å². The summed E-state index contributed by atoms with van der Waals surface area (Å²) in [5.74, 6) is 3.81. The quantitative estimate of drug-likeness (QED) is 0.377. The van der Waals surface area contributed by atoms with Crippen LogP contribution in [0.1, 0.15) is 64.5 Å². The van der Waals surface area contributed by atoms with Gasteiger partial charge in [0, 0.05) is 36.1 Å². The molecule has 0 aromatic carbocycles. The smallest absolute Gasteiger partial charge is 0.213 e. The first kappa shape index (κ1) is 21.9. The standard InChI is InChI=1S/C19H32N4OS.HI/c1-18(2,3)15-12-21-16(24-15)13-22-17(20-4)23-10-11-25-19(14-23)8-6-5-7-9-19;/h12H,5-11,13-14H2,1-4H3,(H,20,22);1H. The van der Waals surface area contributed by atoms with Crippen molar-refractivity contribution in [3.8, 4) is 0 Å². The van der Waals surface area contributed by atoms with Crippen LogP contribution in [0.5, 0.6) is 0 Å². The van der Waals surface area contributed by atoms with Gasteiger partial charge in [-0.15, -0.1) is 24.0 Å². The summed E-state index contributed by atoms with van der Waals surface area (Å²) < 4.78 is 6.33. The maximum atomic E-state index is 5.89. The first-order valence-corrected chi connectivity index (χ1v) is 10.5. The summed E-state index contributed by atoms with van der Waals surface area (Å²) in [6.07, 6.45) is 8.68. The van der Waals surface area contributed by atoms with Gasteiger partial charge in [0.25, 0.3) is 0 Å². The predicted molar refractivity (Wildman–Crippen MR) is 121 cm³/mol. The minimum atomic E-state index is -0.00954. The lowest BCUT2D eigenvalue weighted by Crippen LogP contribution is -2.53. The molecule has 1 aromatic heterocycles. The van der Waals surface area contributed by atoms with Crippen LogP contribution in [0.25, 0.3) is 0 Å². The monoisotopic (exact) mass is 492 g/mol. The average molecular weight is 492 g/mol. The van der Waals surface area contributed by atoms with Crippen molar-refractivity contribution in [1.29, 1.82) is 0 Å². The van der Waals surface area contributed by atoms with Crippen molar-refractivity contribution >= 4 is 41.7 Å². The average Bonchev–Trinajstić information content (AvgIpc) is 3.06. The van der Waals surface area contributed by atoms with Crippen LogP contribution in [0.2, 0.25) is 0 Å². The van der Waals surface area contributed by atoms with Gasteiger partial charge in [0.2, 0.25) is 5.89 Å². The molecule has 0 atom stereocenters. The summed E-state index contributed by atoms with van der Waals surface area (Å²) in [5, 5.41) is 3.45. The van der Waals surface area contributed by atoms with Crippen molar-refractivity contribution in [2.75, 3.05) is 25.9 Å². The first-order chi connectivity index (χ1) is 11.9. The van der Waals surface area contributed by atoms with Gasteiger partial charge in [-0.25, -0.2) is 4.98 Å². The summed E-state index contributed by atoms with van der Waals surface area (Å²) in [7, 11) is 1.87. The number of halogens is 1. The van der Waals surface area contributed by atoms with E-state index in [1.807, 2.05) is 13.2 Å². The van der Waals surface area contributed by atoms with Crippen molar-refractivity contribution in [2.45, 2.75) is 69.6 Å². The van der Waals surface area contributed by atoms with Crippen LogP contribution in [-0.2, 0) is 12.0 Å². The highest BCUT2D eigenvalue weighted by molar-refractivity contribution is 14.0. The van der Waals surface area contributed by atoms with E-state index in [1.165, 1.54) is 37.9 Å². The third-order valence-corrected chi connectivity index (χ3v) is 6.75. The van der Waals surface area contributed by atoms with Crippen LogP contribution in [0.3, 0.4) is 0 Å². The van der Waals surface area contributed by atoms with E-state index in [0.717, 1.165) is 30.7 Å². The molecule has 2 aliphatic rings. The number of guanidine groups is 1. The van der Waals surface area contributed by atoms with E-state index < -0.39 is 0 Å². The number of thioether (sulfide) groups is 1. The van der Waals surface area contributed by atoms with Crippen LogP contribution < -0.4 is 5.32 Å². The van der Waals surface area contributed by atoms with Crippen LogP contribution in [0.4, 0.5) is 0 Å². The Labute approximate surface area is 179 Å². The fourth-order valence-corrected chi connectivity index (χ4v) is 5.32. The van der Waals surface area contributed by atoms with Crippen molar-refractivity contribution in [2.24, 2.45) is 4.99 Å². The summed E-state index contributed by atoms with van der Waals surface area (Å²) in [4.78, 5) is 11.3. The molecular formula is C19H33IN4OS. The molecule has 1 saturated heterocycles. The Morgan fingerprint density at radius 2 is 2.08 bits per heavy atom. The topological polar surface area (TPSA) is 53.7 Å². The van der Waals surface area contributed by atoms with Crippen LogP contribution in [0, 0.1) is 0 Å². The number of hydrogen-bond donors (Lipinski definition) is 1. The molecule has 0 bridgehead atoms. The normalized spacial score (nSPS) is 20.8. The molecule has 148 valence electrons. The van der Waals surface area contributed by atoms with Gasteiger partial charge in [-0.2, -0.15) is 11.8 Å². The van der Waals surface area contributed by atoms with Crippen molar-refractivity contribution in [3.63, 3.8) is 0 Å². The molecule has 0 amide bonds. The van der Waals surface area contributed by atoms with Crippen molar-refractivity contribution < 1.29 is 4.42 Å². The first-order valence-electron chi connectivity index (χ1n) is 9.47. The van der Waals surface area contributed by atoms with E-state index in [4.69, 9.17) is 4.42 Å². The fourth-order valence-electron chi connectivity index (χ4n) is 3.75. The second-order valence-corrected chi connectivity index (χ2v) is 9.85. The predicted octanol–water partition coefficient (Wildman–Crippen LogP) is 4.42. The van der Waals surface area contributed by atoms with Gasteiger partial charge in [-0.3, -0.25) is 4.99 Å². The molecule has 1 aromatic rings. The minimum absolute atomic E-state index is 0. The second-order valence-electron chi connectivity index (χ2n) is 8.28. The van der Waals surface area contributed by atoms with E-state index in [1.54, 1.807) is 0 Å². The summed E-state index contributed by atoms with van der Waals surface area (Å²) >= 11 is 2.18. The van der Waals surface area contributed by atoms with E-state index in [-0.39, 0.29) is 29.4 Å². The van der Waals surface area contributed by atoms with Crippen molar-refractivity contribution in [1.82, 2.24) is 15.2 Å². The molecule has 1 spiro atoms. The maximum Gasteiger partial charge on any atom is 0.213 e. The molecule has 1 N–H and O–H groups in total. The lowest BCUT2D eigenvalue weighted by Gasteiger charge is -2.45. The van der Waals surface area contributed by atoms with Gasteiger partial charge >= 0.3 is 0 Å². The molecule has 7 heteroatoms. The minimum Gasteiger partial charge on any atom is -0.443 e. The summed E-state index contributed by atoms with van der Waals surface area (Å²) in [6.45, 7) is 9.16. The number of nitrogens with one attached hydrogen (secondary N) is 1. The largest absolute Gasteiger partial charge is 0.443 e. The zero-order chi connectivity index (χ0) is 17.9. The highest BCUT2D eigenvalue weighted by Gasteiger charge is 2.38. The highest BCUT2D eigenvalue weighted by Crippen LogP contribution is 2.42.